The van der Waals surface area contributed by atoms with Gasteiger partial charge >= 0.3 is 18.2 Å². The van der Waals surface area contributed by atoms with Crippen LogP contribution in [0.3, 0.4) is 0 Å². The molecule has 0 aliphatic rings. The number of aromatic nitrogens is 2. The maximum absolute atomic E-state index is 13.2. The number of hydrogen-bond acceptors (Lipinski definition) is 4. The van der Waals surface area contributed by atoms with Gasteiger partial charge in [0.25, 0.3) is 0 Å². The van der Waals surface area contributed by atoms with Gasteiger partial charge in [-0.15, -0.1) is 0 Å². The molecule has 7 nitrogen and oxygen atoms in total. The van der Waals surface area contributed by atoms with Crippen molar-refractivity contribution in [1.82, 2.24) is 9.78 Å². The van der Waals surface area contributed by atoms with Gasteiger partial charge in [0.05, 0.1) is 11.8 Å². The van der Waals surface area contributed by atoms with E-state index in [0.717, 1.165) is 18.5 Å². The number of esters is 1. The van der Waals surface area contributed by atoms with Crippen LogP contribution < -0.4 is 11.1 Å². The van der Waals surface area contributed by atoms with Gasteiger partial charge < -0.3 is 15.8 Å². The van der Waals surface area contributed by atoms with Crippen molar-refractivity contribution in [2.75, 3.05) is 5.32 Å². The molecule has 0 radical (unpaired) electrons. The lowest BCUT2D eigenvalue weighted by atomic mass is 10.1. The quantitative estimate of drug-likeness (QED) is 0.833. The van der Waals surface area contributed by atoms with Gasteiger partial charge in [0.2, 0.25) is 6.10 Å². The van der Waals surface area contributed by atoms with Gasteiger partial charge in [-0.3, -0.25) is 4.68 Å². The van der Waals surface area contributed by atoms with E-state index in [1.807, 2.05) is 0 Å². The molecule has 0 fully saturated rings. The summed E-state index contributed by atoms with van der Waals surface area (Å²) >= 11 is 0. The molecule has 1 atom stereocenters. The van der Waals surface area contributed by atoms with E-state index in [4.69, 9.17) is 5.73 Å². The first-order valence-corrected chi connectivity index (χ1v) is 6.59. The highest BCUT2D eigenvalue weighted by Crippen LogP contribution is 2.36. The molecule has 0 bridgehead atoms. The molecule has 128 valence electrons. The highest BCUT2D eigenvalue weighted by molar-refractivity contribution is 5.93. The Hall–Kier alpha value is -3.04. The first kappa shape index (κ1) is 17.3. The molecule has 1 aromatic carbocycles. The second-order valence-electron chi connectivity index (χ2n) is 4.84. The number of aryl methyl sites for hydroxylation is 1. The first-order chi connectivity index (χ1) is 11.2. The zero-order valence-electron chi connectivity index (χ0n) is 12.4. The topological polar surface area (TPSA) is 99.2 Å². The lowest BCUT2D eigenvalue weighted by Crippen LogP contribution is -2.26. The van der Waals surface area contributed by atoms with Gasteiger partial charge in [0.1, 0.15) is 0 Å². The molecular weight excluding hydrogens is 329 g/mol. The minimum absolute atomic E-state index is 0.155. The Bertz CT molecular complexity index is 758. The number of halogens is 3. The SMILES string of the molecule is Cn1cc(C(OC(=O)c2cccc(NC(N)=O)c2)C(F)(F)F)cn1. The fourth-order valence-electron chi connectivity index (χ4n) is 1.94. The van der Waals surface area contributed by atoms with Crippen LogP contribution in [0.1, 0.15) is 22.0 Å². The predicted molar refractivity (Wildman–Crippen MR) is 77.1 cm³/mol. The van der Waals surface area contributed by atoms with E-state index in [9.17, 15) is 22.8 Å². The number of carbonyl (C=O) groups excluding carboxylic acids is 2. The molecule has 0 saturated heterocycles. The second-order valence-corrected chi connectivity index (χ2v) is 4.84. The Morgan fingerprint density at radius 1 is 1.38 bits per heavy atom. The number of rotatable bonds is 4. The third-order valence-corrected chi connectivity index (χ3v) is 2.92. The van der Waals surface area contributed by atoms with E-state index in [0.29, 0.717) is 0 Å². The number of urea groups is 1. The Morgan fingerprint density at radius 2 is 2.08 bits per heavy atom. The number of amides is 2. The van der Waals surface area contributed by atoms with E-state index in [2.05, 4.69) is 15.2 Å². The van der Waals surface area contributed by atoms with Crippen LogP contribution in [0.4, 0.5) is 23.7 Å². The number of anilines is 1. The number of hydrogen-bond donors (Lipinski definition) is 2. The molecule has 10 heteroatoms. The summed E-state index contributed by atoms with van der Waals surface area (Å²) in [6, 6.07) is 4.33. The van der Waals surface area contributed by atoms with E-state index >= 15 is 0 Å². The van der Waals surface area contributed by atoms with Crippen molar-refractivity contribution in [3.05, 3.63) is 47.8 Å². The fraction of sp³-hybridized carbons (Fsp3) is 0.214. The summed E-state index contributed by atoms with van der Waals surface area (Å²) in [5, 5.41) is 5.86. The molecule has 2 amide bonds. The van der Waals surface area contributed by atoms with E-state index in [-0.39, 0.29) is 16.8 Å². The van der Waals surface area contributed by atoms with Crippen molar-refractivity contribution in [3.63, 3.8) is 0 Å². The Balaban J connectivity index is 2.23. The molecule has 2 rings (SSSR count). The molecule has 1 aromatic heterocycles. The molecule has 1 unspecified atom stereocenters. The normalized spacial score (nSPS) is 12.5. The number of nitrogens with two attached hydrogens (primary N) is 1. The van der Waals surface area contributed by atoms with Crippen LogP contribution in [0.2, 0.25) is 0 Å². The summed E-state index contributed by atoms with van der Waals surface area (Å²) in [6.07, 6.45) is -5.18. The largest absolute Gasteiger partial charge is 0.444 e. The maximum Gasteiger partial charge on any atom is 0.429 e. The minimum atomic E-state index is -4.80. The van der Waals surface area contributed by atoms with Crippen molar-refractivity contribution in [2.24, 2.45) is 12.8 Å². The van der Waals surface area contributed by atoms with Crippen molar-refractivity contribution >= 4 is 17.7 Å². The van der Waals surface area contributed by atoms with E-state index in [1.54, 1.807) is 0 Å². The van der Waals surface area contributed by atoms with Crippen molar-refractivity contribution in [3.8, 4) is 0 Å². The average Bonchev–Trinajstić information content (AvgIpc) is 2.89. The average molecular weight is 342 g/mol. The van der Waals surface area contributed by atoms with Crippen LogP contribution in [0.5, 0.6) is 0 Å². The fourth-order valence-corrected chi connectivity index (χ4v) is 1.94. The smallest absolute Gasteiger partial charge is 0.429 e. The van der Waals surface area contributed by atoms with Crippen molar-refractivity contribution < 1.29 is 27.5 Å². The first-order valence-electron chi connectivity index (χ1n) is 6.59. The standard InChI is InChI=1S/C14H13F3N4O3/c1-21-7-9(6-19-21)11(14(15,16)17)24-12(22)8-3-2-4-10(5-8)20-13(18)23/h2-7,11H,1H3,(H3,18,20,23). The zero-order valence-corrected chi connectivity index (χ0v) is 12.4. The van der Waals surface area contributed by atoms with Gasteiger partial charge in [-0.25, -0.2) is 9.59 Å². The zero-order chi connectivity index (χ0) is 17.9. The van der Waals surface area contributed by atoms with Crippen LogP contribution in [0.25, 0.3) is 0 Å². The number of benzene rings is 1. The summed E-state index contributed by atoms with van der Waals surface area (Å²) in [5.41, 5.74) is 4.63. The van der Waals surface area contributed by atoms with Crippen LogP contribution in [-0.2, 0) is 11.8 Å². The summed E-state index contributed by atoms with van der Waals surface area (Å²) < 4.78 is 45.2. The lowest BCUT2D eigenvalue weighted by molar-refractivity contribution is -0.207. The lowest BCUT2D eigenvalue weighted by Gasteiger charge is -2.19. The van der Waals surface area contributed by atoms with E-state index < -0.39 is 24.3 Å². The third kappa shape index (κ3) is 4.24. The molecule has 1 heterocycles. The highest BCUT2D eigenvalue weighted by atomic mass is 19.4. The number of carbonyl (C=O) groups is 2. The van der Waals surface area contributed by atoms with Crippen LogP contribution in [-0.4, -0.2) is 28.0 Å². The molecule has 0 aliphatic heterocycles. The molecular formula is C14H13F3N4O3. The van der Waals surface area contributed by atoms with Gasteiger partial charge in [-0.2, -0.15) is 18.3 Å². The van der Waals surface area contributed by atoms with Crippen molar-refractivity contribution in [1.29, 1.82) is 0 Å². The van der Waals surface area contributed by atoms with E-state index in [1.165, 1.54) is 29.9 Å². The molecule has 0 spiro atoms. The van der Waals surface area contributed by atoms with Crippen LogP contribution in [0, 0.1) is 0 Å². The van der Waals surface area contributed by atoms with Crippen LogP contribution >= 0.6 is 0 Å². The number of nitrogens with one attached hydrogen (secondary N) is 1. The number of primary amides is 1. The highest BCUT2D eigenvalue weighted by Gasteiger charge is 2.45. The monoisotopic (exact) mass is 342 g/mol. The minimum Gasteiger partial charge on any atom is -0.444 e. The van der Waals surface area contributed by atoms with Gasteiger partial charge in [0, 0.05) is 24.5 Å². The summed E-state index contributed by atoms with van der Waals surface area (Å²) in [7, 11) is 1.44. The van der Waals surface area contributed by atoms with Gasteiger partial charge in [-0.05, 0) is 18.2 Å². The van der Waals surface area contributed by atoms with Crippen LogP contribution in [0.15, 0.2) is 36.7 Å². The number of ether oxygens (including phenoxy) is 1. The summed E-state index contributed by atoms with van der Waals surface area (Å²) in [5.74, 6) is -1.20. The van der Waals surface area contributed by atoms with Crippen molar-refractivity contribution in [2.45, 2.75) is 12.3 Å². The maximum atomic E-state index is 13.2. The molecule has 3 N–H and O–H groups in total. The summed E-state index contributed by atoms with van der Waals surface area (Å²) in [4.78, 5) is 22.8. The third-order valence-electron chi connectivity index (χ3n) is 2.92. The Kier molecular flexibility index (Phi) is 4.77. The molecule has 0 aliphatic carbocycles. The Labute approximate surface area is 134 Å². The number of nitrogens with zero attached hydrogens (tertiary/aromatic N) is 2. The predicted octanol–water partition coefficient (Wildman–Crippen LogP) is 2.37. The number of alkyl halides is 3. The van der Waals surface area contributed by atoms with Gasteiger partial charge in [0.15, 0.2) is 0 Å². The molecule has 2 aromatic rings. The Morgan fingerprint density at radius 3 is 2.62 bits per heavy atom. The van der Waals surface area contributed by atoms with Gasteiger partial charge in [-0.1, -0.05) is 6.07 Å². The molecule has 0 saturated carbocycles. The molecule has 24 heavy (non-hydrogen) atoms. The second kappa shape index (κ2) is 6.60. The summed E-state index contributed by atoms with van der Waals surface area (Å²) in [6.45, 7) is 0.